The van der Waals surface area contributed by atoms with Gasteiger partial charge in [0.05, 0.1) is 0 Å². The van der Waals surface area contributed by atoms with Crippen LogP contribution in [0, 0.1) is 0 Å². The first-order chi connectivity index (χ1) is 12.8. The summed E-state index contributed by atoms with van der Waals surface area (Å²) >= 11 is 0. The number of benzene rings is 1. The molecule has 1 heterocycles. The topological polar surface area (TPSA) is 58.1 Å². The highest BCUT2D eigenvalue weighted by Gasteiger charge is 2.12. The van der Waals surface area contributed by atoms with E-state index in [4.69, 9.17) is 9.47 Å². The molecule has 0 saturated heterocycles. The summed E-state index contributed by atoms with van der Waals surface area (Å²) in [7, 11) is 0. The summed E-state index contributed by atoms with van der Waals surface area (Å²) in [6, 6.07) is 6.13. The number of nitrogens with zero attached hydrogens (tertiary/aromatic N) is 2. The molecule has 1 aliphatic rings. The molecule has 2 N–H and O–H groups in total. The van der Waals surface area contributed by atoms with Crippen LogP contribution in [0.25, 0.3) is 0 Å². The highest BCUT2D eigenvalue weighted by Crippen LogP contribution is 2.32. The van der Waals surface area contributed by atoms with E-state index in [9.17, 15) is 0 Å². The van der Waals surface area contributed by atoms with Gasteiger partial charge in [-0.15, -0.1) is 0 Å². The number of hydrogen-bond acceptors (Lipinski definition) is 4. The molecular formula is C20H34N4O2. The maximum absolute atomic E-state index is 5.43. The van der Waals surface area contributed by atoms with Crippen LogP contribution in [0.15, 0.2) is 23.2 Å². The second-order valence-corrected chi connectivity index (χ2v) is 6.36. The zero-order chi connectivity index (χ0) is 18.6. The maximum atomic E-state index is 5.43. The first-order valence-corrected chi connectivity index (χ1v) is 9.89. The largest absolute Gasteiger partial charge is 0.454 e. The van der Waals surface area contributed by atoms with Crippen molar-refractivity contribution in [1.29, 1.82) is 0 Å². The highest BCUT2D eigenvalue weighted by atomic mass is 16.7. The summed E-state index contributed by atoms with van der Waals surface area (Å²) < 4.78 is 10.8. The van der Waals surface area contributed by atoms with Gasteiger partial charge in [-0.3, -0.25) is 4.99 Å². The third kappa shape index (κ3) is 6.75. The molecule has 0 bridgehead atoms. The summed E-state index contributed by atoms with van der Waals surface area (Å²) in [6.07, 6.45) is 3.24. The summed E-state index contributed by atoms with van der Waals surface area (Å²) in [4.78, 5) is 7.14. The molecule has 146 valence electrons. The van der Waals surface area contributed by atoms with Gasteiger partial charge in [0, 0.05) is 19.6 Å². The van der Waals surface area contributed by atoms with Crippen molar-refractivity contribution in [1.82, 2.24) is 15.5 Å². The van der Waals surface area contributed by atoms with E-state index in [0.717, 1.165) is 69.6 Å². The van der Waals surface area contributed by atoms with Crippen molar-refractivity contribution in [3.63, 3.8) is 0 Å². The molecule has 6 heteroatoms. The van der Waals surface area contributed by atoms with Crippen LogP contribution in [0.1, 0.15) is 39.2 Å². The highest BCUT2D eigenvalue weighted by molar-refractivity contribution is 5.79. The van der Waals surface area contributed by atoms with Crippen molar-refractivity contribution in [2.45, 2.75) is 40.0 Å². The van der Waals surface area contributed by atoms with Crippen LogP contribution in [0.2, 0.25) is 0 Å². The van der Waals surface area contributed by atoms with E-state index in [-0.39, 0.29) is 0 Å². The minimum absolute atomic E-state index is 0.322. The van der Waals surface area contributed by atoms with E-state index in [2.05, 4.69) is 53.4 Å². The van der Waals surface area contributed by atoms with Gasteiger partial charge < -0.3 is 25.0 Å². The van der Waals surface area contributed by atoms with E-state index >= 15 is 0 Å². The van der Waals surface area contributed by atoms with Gasteiger partial charge >= 0.3 is 0 Å². The van der Waals surface area contributed by atoms with Crippen LogP contribution in [0.3, 0.4) is 0 Å². The van der Waals surface area contributed by atoms with Crippen molar-refractivity contribution in [3.05, 3.63) is 23.8 Å². The molecular weight excluding hydrogens is 328 g/mol. The summed E-state index contributed by atoms with van der Waals surface area (Å²) in [6.45, 7) is 12.8. The molecule has 1 aromatic rings. The molecule has 1 aliphatic heterocycles. The summed E-state index contributed by atoms with van der Waals surface area (Å²) in [5.74, 6) is 2.58. The second kappa shape index (κ2) is 11.6. The van der Waals surface area contributed by atoms with Gasteiger partial charge in [0.2, 0.25) is 6.79 Å². The molecule has 0 aliphatic carbocycles. The lowest BCUT2D eigenvalue weighted by Gasteiger charge is -2.17. The fraction of sp³-hybridized carbons (Fsp3) is 0.650. The number of rotatable bonds is 11. The fourth-order valence-corrected chi connectivity index (χ4v) is 2.94. The third-order valence-corrected chi connectivity index (χ3v) is 4.53. The van der Waals surface area contributed by atoms with Crippen molar-refractivity contribution >= 4 is 5.96 Å². The van der Waals surface area contributed by atoms with Crippen LogP contribution in [-0.4, -0.2) is 56.9 Å². The summed E-state index contributed by atoms with van der Waals surface area (Å²) in [5, 5.41) is 6.73. The Morgan fingerprint density at radius 1 is 1.08 bits per heavy atom. The third-order valence-electron chi connectivity index (χ3n) is 4.53. The van der Waals surface area contributed by atoms with Crippen molar-refractivity contribution in [2.24, 2.45) is 4.99 Å². The Hall–Kier alpha value is -1.95. The predicted octanol–water partition coefficient (Wildman–Crippen LogP) is 2.63. The normalized spacial score (nSPS) is 13.3. The molecule has 6 nitrogen and oxygen atoms in total. The number of nitrogens with one attached hydrogen (secondary N) is 2. The molecule has 0 spiro atoms. The molecule has 0 fully saturated rings. The molecule has 0 aromatic heterocycles. The smallest absolute Gasteiger partial charge is 0.231 e. The predicted molar refractivity (Wildman–Crippen MR) is 107 cm³/mol. The summed E-state index contributed by atoms with van der Waals surface area (Å²) in [5.41, 5.74) is 1.23. The number of hydrogen-bond donors (Lipinski definition) is 2. The molecule has 2 rings (SSSR count). The number of guanidine groups is 1. The number of ether oxygens (including phenoxy) is 2. The van der Waals surface area contributed by atoms with Crippen molar-refractivity contribution in [3.8, 4) is 11.5 Å². The Bertz CT molecular complexity index is 559. The van der Waals surface area contributed by atoms with E-state index in [1.165, 1.54) is 12.0 Å². The SMILES string of the molecule is CCNC(=NCCCCN(CC)CC)NCCc1ccc2c(c1)OCO2. The van der Waals surface area contributed by atoms with Crippen LogP contribution in [-0.2, 0) is 6.42 Å². The first kappa shape index (κ1) is 20.4. The van der Waals surface area contributed by atoms with Crippen LogP contribution in [0.4, 0.5) is 0 Å². The zero-order valence-electron chi connectivity index (χ0n) is 16.5. The molecule has 0 saturated carbocycles. The molecule has 0 atom stereocenters. The van der Waals surface area contributed by atoms with E-state index in [1.54, 1.807) is 0 Å². The Balaban J connectivity index is 1.69. The van der Waals surface area contributed by atoms with Crippen molar-refractivity contribution in [2.75, 3.05) is 46.1 Å². The lowest BCUT2D eigenvalue weighted by atomic mass is 10.1. The quantitative estimate of drug-likeness (QED) is 0.360. The number of fused-ring (bicyclic) bond motifs is 1. The number of aliphatic imine (C=N–C) groups is 1. The molecule has 1 aromatic carbocycles. The van der Waals surface area contributed by atoms with Gasteiger partial charge in [0.25, 0.3) is 0 Å². The van der Waals surface area contributed by atoms with Gasteiger partial charge in [-0.2, -0.15) is 0 Å². The Morgan fingerprint density at radius 2 is 1.88 bits per heavy atom. The van der Waals surface area contributed by atoms with Gasteiger partial charge in [0.1, 0.15) is 0 Å². The minimum atomic E-state index is 0.322. The molecule has 0 radical (unpaired) electrons. The van der Waals surface area contributed by atoms with E-state index in [1.807, 2.05) is 6.07 Å². The lowest BCUT2D eigenvalue weighted by molar-refractivity contribution is 0.174. The fourth-order valence-electron chi connectivity index (χ4n) is 2.94. The number of unbranched alkanes of at least 4 members (excludes halogenated alkanes) is 1. The zero-order valence-corrected chi connectivity index (χ0v) is 16.5. The molecule has 0 amide bonds. The molecule has 26 heavy (non-hydrogen) atoms. The van der Waals surface area contributed by atoms with Gasteiger partial charge in [-0.05, 0) is 63.5 Å². The van der Waals surface area contributed by atoms with Gasteiger partial charge in [-0.1, -0.05) is 19.9 Å². The van der Waals surface area contributed by atoms with E-state index in [0.29, 0.717) is 6.79 Å². The van der Waals surface area contributed by atoms with Crippen LogP contribution >= 0.6 is 0 Å². The second-order valence-electron chi connectivity index (χ2n) is 6.36. The average Bonchev–Trinajstić information content (AvgIpc) is 3.12. The van der Waals surface area contributed by atoms with E-state index < -0.39 is 0 Å². The minimum Gasteiger partial charge on any atom is -0.454 e. The Morgan fingerprint density at radius 3 is 2.65 bits per heavy atom. The van der Waals surface area contributed by atoms with Crippen LogP contribution in [0.5, 0.6) is 11.5 Å². The Kier molecular flexibility index (Phi) is 9.10. The lowest BCUT2D eigenvalue weighted by Crippen LogP contribution is -2.38. The average molecular weight is 363 g/mol. The van der Waals surface area contributed by atoms with Crippen LogP contribution < -0.4 is 20.1 Å². The first-order valence-electron chi connectivity index (χ1n) is 9.89. The monoisotopic (exact) mass is 362 g/mol. The van der Waals surface area contributed by atoms with Gasteiger partial charge in [0.15, 0.2) is 17.5 Å². The Labute approximate surface area is 158 Å². The standard InChI is InChI=1S/C20H34N4O2/c1-4-21-20(22-12-7-8-14-24(5-2)6-3)23-13-11-17-9-10-18-19(15-17)26-16-25-18/h9-10,15H,4-8,11-14,16H2,1-3H3,(H2,21,22,23). The molecule has 0 unspecified atom stereocenters. The van der Waals surface area contributed by atoms with Gasteiger partial charge in [-0.25, -0.2) is 0 Å². The van der Waals surface area contributed by atoms with Crippen molar-refractivity contribution < 1.29 is 9.47 Å². The maximum Gasteiger partial charge on any atom is 0.231 e.